The molecule has 1 atom stereocenters. The standard InChI is InChI=1S/C14H21N3O3/c1-3-4-12(15)14(19)17-11-7-5-10(6-8-11)16-13(18)9-20-2/h5-8,12H,3-4,9,15H2,1-2H3,(H,16,18)(H,17,19). The lowest BCUT2D eigenvalue weighted by atomic mass is 10.1. The first kappa shape index (κ1) is 16.1. The van der Waals surface area contributed by atoms with Crippen molar-refractivity contribution in [1.29, 1.82) is 0 Å². The van der Waals surface area contributed by atoms with Gasteiger partial charge in [-0.1, -0.05) is 13.3 Å². The number of nitrogens with one attached hydrogen (secondary N) is 2. The summed E-state index contributed by atoms with van der Waals surface area (Å²) in [6.45, 7) is 1.98. The van der Waals surface area contributed by atoms with Gasteiger partial charge in [0, 0.05) is 18.5 Å². The predicted octanol–water partition coefficient (Wildman–Crippen LogP) is 1.34. The Kier molecular flexibility index (Phi) is 6.69. The van der Waals surface area contributed by atoms with Gasteiger partial charge in [-0.25, -0.2) is 0 Å². The minimum Gasteiger partial charge on any atom is -0.375 e. The highest BCUT2D eigenvalue weighted by atomic mass is 16.5. The number of carbonyl (C=O) groups is 2. The lowest BCUT2D eigenvalue weighted by Gasteiger charge is -2.11. The molecule has 1 aromatic rings. The van der Waals surface area contributed by atoms with Gasteiger partial charge in [-0.2, -0.15) is 0 Å². The topological polar surface area (TPSA) is 93.5 Å². The Labute approximate surface area is 118 Å². The fourth-order valence-corrected chi connectivity index (χ4v) is 1.64. The quantitative estimate of drug-likeness (QED) is 0.702. The van der Waals surface area contributed by atoms with E-state index in [1.54, 1.807) is 24.3 Å². The lowest BCUT2D eigenvalue weighted by molar-refractivity contribution is -0.119. The number of amides is 2. The number of benzene rings is 1. The molecule has 0 aliphatic rings. The van der Waals surface area contributed by atoms with Crippen LogP contribution in [0.1, 0.15) is 19.8 Å². The Morgan fingerprint density at radius 1 is 1.20 bits per heavy atom. The van der Waals surface area contributed by atoms with Crippen molar-refractivity contribution in [3.8, 4) is 0 Å². The van der Waals surface area contributed by atoms with Crippen LogP contribution in [0.3, 0.4) is 0 Å². The highest BCUT2D eigenvalue weighted by Gasteiger charge is 2.12. The Hall–Kier alpha value is -1.92. The molecule has 1 rings (SSSR count). The third kappa shape index (κ3) is 5.38. The molecule has 0 aromatic heterocycles. The zero-order valence-corrected chi connectivity index (χ0v) is 11.8. The van der Waals surface area contributed by atoms with Crippen LogP contribution in [0.5, 0.6) is 0 Å². The van der Waals surface area contributed by atoms with Crippen LogP contribution in [0.25, 0.3) is 0 Å². The molecule has 0 aliphatic carbocycles. The van der Waals surface area contributed by atoms with Crippen LogP contribution in [0.15, 0.2) is 24.3 Å². The fraction of sp³-hybridized carbons (Fsp3) is 0.429. The van der Waals surface area contributed by atoms with Gasteiger partial charge in [0.1, 0.15) is 6.61 Å². The molecule has 0 radical (unpaired) electrons. The normalized spacial score (nSPS) is 11.8. The predicted molar refractivity (Wildman–Crippen MR) is 78.5 cm³/mol. The van der Waals surface area contributed by atoms with E-state index in [1.165, 1.54) is 7.11 Å². The van der Waals surface area contributed by atoms with Gasteiger partial charge >= 0.3 is 0 Å². The minimum atomic E-state index is -0.499. The van der Waals surface area contributed by atoms with Gasteiger partial charge in [-0.3, -0.25) is 9.59 Å². The number of hydrogen-bond acceptors (Lipinski definition) is 4. The molecule has 4 N–H and O–H groups in total. The van der Waals surface area contributed by atoms with Crippen molar-refractivity contribution in [2.24, 2.45) is 5.73 Å². The van der Waals surface area contributed by atoms with Gasteiger partial charge < -0.3 is 21.1 Å². The summed E-state index contributed by atoms with van der Waals surface area (Å²) in [6.07, 6.45) is 1.51. The molecule has 0 fully saturated rings. The second-order valence-electron chi connectivity index (χ2n) is 4.44. The Balaban J connectivity index is 2.54. The molecule has 6 nitrogen and oxygen atoms in total. The van der Waals surface area contributed by atoms with Crippen molar-refractivity contribution in [3.05, 3.63) is 24.3 Å². The average molecular weight is 279 g/mol. The molecule has 110 valence electrons. The summed E-state index contributed by atoms with van der Waals surface area (Å²) >= 11 is 0. The third-order valence-electron chi connectivity index (χ3n) is 2.65. The third-order valence-corrected chi connectivity index (χ3v) is 2.65. The Morgan fingerprint density at radius 3 is 2.25 bits per heavy atom. The molecule has 0 saturated carbocycles. The van der Waals surface area contributed by atoms with Crippen LogP contribution in [-0.4, -0.2) is 31.6 Å². The highest BCUT2D eigenvalue weighted by Crippen LogP contribution is 2.14. The van der Waals surface area contributed by atoms with Gasteiger partial charge in [-0.15, -0.1) is 0 Å². The van der Waals surface area contributed by atoms with E-state index in [9.17, 15) is 9.59 Å². The summed E-state index contributed by atoms with van der Waals surface area (Å²) < 4.78 is 4.72. The summed E-state index contributed by atoms with van der Waals surface area (Å²) in [5.41, 5.74) is 7.01. The molecule has 1 aromatic carbocycles. The zero-order chi connectivity index (χ0) is 15.0. The maximum absolute atomic E-state index is 11.7. The maximum Gasteiger partial charge on any atom is 0.250 e. The van der Waals surface area contributed by atoms with Crippen LogP contribution in [0.4, 0.5) is 11.4 Å². The molecule has 0 saturated heterocycles. The van der Waals surface area contributed by atoms with Crippen molar-refractivity contribution in [2.45, 2.75) is 25.8 Å². The number of ether oxygens (including phenoxy) is 1. The van der Waals surface area contributed by atoms with E-state index in [4.69, 9.17) is 10.5 Å². The van der Waals surface area contributed by atoms with Gasteiger partial charge in [0.15, 0.2) is 0 Å². The van der Waals surface area contributed by atoms with Gasteiger partial charge in [-0.05, 0) is 30.7 Å². The van der Waals surface area contributed by atoms with Crippen molar-refractivity contribution in [2.75, 3.05) is 24.4 Å². The molecular weight excluding hydrogens is 258 g/mol. The zero-order valence-electron chi connectivity index (χ0n) is 11.8. The van der Waals surface area contributed by atoms with Crippen LogP contribution in [0.2, 0.25) is 0 Å². The Morgan fingerprint density at radius 2 is 1.75 bits per heavy atom. The number of hydrogen-bond donors (Lipinski definition) is 3. The van der Waals surface area contributed by atoms with E-state index in [2.05, 4.69) is 10.6 Å². The van der Waals surface area contributed by atoms with E-state index in [1.807, 2.05) is 6.92 Å². The van der Waals surface area contributed by atoms with E-state index in [0.29, 0.717) is 17.8 Å². The smallest absolute Gasteiger partial charge is 0.250 e. The second-order valence-corrected chi connectivity index (χ2v) is 4.44. The lowest BCUT2D eigenvalue weighted by Crippen LogP contribution is -2.35. The van der Waals surface area contributed by atoms with E-state index >= 15 is 0 Å². The largest absolute Gasteiger partial charge is 0.375 e. The molecule has 2 amide bonds. The first-order chi connectivity index (χ1) is 9.56. The van der Waals surface area contributed by atoms with Gasteiger partial charge in [0.25, 0.3) is 0 Å². The van der Waals surface area contributed by atoms with E-state index in [-0.39, 0.29) is 18.4 Å². The average Bonchev–Trinajstić information content (AvgIpc) is 2.41. The minimum absolute atomic E-state index is 0.00432. The van der Waals surface area contributed by atoms with Crippen LogP contribution in [0, 0.1) is 0 Å². The highest BCUT2D eigenvalue weighted by molar-refractivity contribution is 5.95. The summed E-state index contributed by atoms with van der Waals surface area (Å²) in [7, 11) is 1.46. The summed E-state index contributed by atoms with van der Waals surface area (Å²) in [5.74, 6) is -0.433. The van der Waals surface area contributed by atoms with E-state index < -0.39 is 6.04 Å². The fourth-order valence-electron chi connectivity index (χ4n) is 1.64. The number of nitrogens with two attached hydrogens (primary N) is 1. The summed E-state index contributed by atoms with van der Waals surface area (Å²) in [4.78, 5) is 23.0. The molecule has 0 aliphatic heterocycles. The second kappa shape index (κ2) is 8.29. The van der Waals surface area contributed by atoms with Crippen LogP contribution >= 0.6 is 0 Å². The van der Waals surface area contributed by atoms with Crippen LogP contribution in [-0.2, 0) is 14.3 Å². The first-order valence-corrected chi connectivity index (χ1v) is 6.52. The SMILES string of the molecule is CCCC(N)C(=O)Nc1ccc(NC(=O)COC)cc1. The number of rotatable bonds is 7. The molecule has 6 heteroatoms. The summed E-state index contributed by atoms with van der Waals surface area (Å²) in [6, 6.07) is 6.32. The van der Waals surface area contributed by atoms with Crippen molar-refractivity contribution >= 4 is 23.2 Å². The maximum atomic E-state index is 11.7. The number of anilines is 2. The van der Waals surface area contributed by atoms with Crippen LogP contribution < -0.4 is 16.4 Å². The monoisotopic (exact) mass is 279 g/mol. The van der Waals surface area contributed by atoms with E-state index in [0.717, 1.165) is 6.42 Å². The van der Waals surface area contributed by atoms with Crippen molar-refractivity contribution in [1.82, 2.24) is 0 Å². The molecule has 0 spiro atoms. The molecule has 0 bridgehead atoms. The first-order valence-electron chi connectivity index (χ1n) is 6.52. The Bertz CT molecular complexity index is 445. The summed E-state index contributed by atoms with van der Waals surface area (Å²) in [5, 5.41) is 5.40. The van der Waals surface area contributed by atoms with Gasteiger partial charge in [0.05, 0.1) is 6.04 Å². The number of carbonyl (C=O) groups excluding carboxylic acids is 2. The molecule has 20 heavy (non-hydrogen) atoms. The number of methoxy groups -OCH3 is 1. The molecule has 1 unspecified atom stereocenters. The van der Waals surface area contributed by atoms with Gasteiger partial charge in [0.2, 0.25) is 11.8 Å². The molecular formula is C14H21N3O3. The van der Waals surface area contributed by atoms with Crippen molar-refractivity contribution in [3.63, 3.8) is 0 Å². The molecule has 0 heterocycles. The van der Waals surface area contributed by atoms with Crippen molar-refractivity contribution < 1.29 is 14.3 Å².